The van der Waals surface area contributed by atoms with Gasteiger partial charge in [0.1, 0.15) is 5.82 Å². The van der Waals surface area contributed by atoms with Crippen molar-refractivity contribution in [1.29, 1.82) is 0 Å². The zero-order valence-corrected chi connectivity index (χ0v) is 11.1. The number of aliphatic hydroxyl groups is 1. The van der Waals surface area contributed by atoms with E-state index in [-0.39, 0.29) is 17.7 Å². The molecule has 0 aromatic heterocycles. The fourth-order valence-corrected chi connectivity index (χ4v) is 1.77. The molecule has 0 amide bonds. The van der Waals surface area contributed by atoms with Gasteiger partial charge in [-0.15, -0.1) is 0 Å². The number of rotatable bonds is 7. The minimum absolute atomic E-state index is 0.0795. The van der Waals surface area contributed by atoms with Crippen LogP contribution >= 0.6 is 0 Å². The molecule has 0 aliphatic carbocycles. The predicted octanol–water partition coefficient (Wildman–Crippen LogP) is 2.94. The number of nitrogens with one attached hydrogen (secondary N) is 1. The van der Waals surface area contributed by atoms with Crippen molar-refractivity contribution in [2.75, 3.05) is 18.5 Å². The number of hydrogen-bond donors (Lipinski definition) is 2. The van der Waals surface area contributed by atoms with E-state index in [1.54, 1.807) is 0 Å². The van der Waals surface area contributed by atoms with Gasteiger partial charge < -0.3 is 10.4 Å². The first-order valence-corrected chi connectivity index (χ1v) is 6.14. The van der Waals surface area contributed by atoms with E-state index in [2.05, 4.69) is 5.32 Å². The minimum Gasteiger partial charge on any atom is -0.396 e. The van der Waals surface area contributed by atoms with Crippen LogP contribution in [0, 0.1) is 21.3 Å². The first-order valence-electron chi connectivity index (χ1n) is 6.14. The average molecular weight is 270 g/mol. The summed E-state index contributed by atoms with van der Waals surface area (Å²) in [5, 5.41) is 22.4. The quantitative estimate of drug-likeness (QED) is 0.590. The Morgan fingerprint density at radius 2 is 2.11 bits per heavy atom. The van der Waals surface area contributed by atoms with Gasteiger partial charge in [0.25, 0.3) is 5.69 Å². The molecule has 0 radical (unpaired) electrons. The van der Waals surface area contributed by atoms with Crippen molar-refractivity contribution in [3.8, 4) is 0 Å². The lowest BCUT2D eigenvalue weighted by atomic mass is 9.88. The lowest BCUT2D eigenvalue weighted by molar-refractivity contribution is -0.385. The van der Waals surface area contributed by atoms with Crippen LogP contribution in [0.5, 0.6) is 0 Å². The van der Waals surface area contributed by atoms with E-state index in [4.69, 9.17) is 5.11 Å². The van der Waals surface area contributed by atoms with Crippen LogP contribution in [0.4, 0.5) is 15.8 Å². The van der Waals surface area contributed by atoms with Gasteiger partial charge in [-0.25, -0.2) is 4.39 Å². The topological polar surface area (TPSA) is 75.4 Å². The van der Waals surface area contributed by atoms with Crippen molar-refractivity contribution < 1.29 is 14.4 Å². The van der Waals surface area contributed by atoms with E-state index < -0.39 is 10.7 Å². The van der Waals surface area contributed by atoms with Crippen molar-refractivity contribution in [2.24, 2.45) is 5.41 Å². The van der Waals surface area contributed by atoms with Crippen LogP contribution in [0.25, 0.3) is 0 Å². The standard InChI is InChI=1S/C13H19FN2O3/c1-13(2,4-3-5-17)9-15-11-6-10(14)7-12(8-11)16(18)19/h6-8,15,17H,3-5,9H2,1-2H3. The van der Waals surface area contributed by atoms with E-state index >= 15 is 0 Å². The van der Waals surface area contributed by atoms with E-state index in [0.29, 0.717) is 18.7 Å². The number of aliphatic hydroxyl groups excluding tert-OH is 1. The van der Waals surface area contributed by atoms with E-state index in [9.17, 15) is 14.5 Å². The highest BCUT2D eigenvalue weighted by Crippen LogP contribution is 2.25. The van der Waals surface area contributed by atoms with Crippen molar-refractivity contribution in [3.63, 3.8) is 0 Å². The molecule has 0 heterocycles. The molecule has 5 nitrogen and oxygen atoms in total. The van der Waals surface area contributed by atoms with Gasteiger partial charge in [-0.2, -0.15) is 0 Å². The molecule has 0 unspecified atom stereocenters. The maximum absolute atomic E-state index is 13.2. The summed E-state index contributed by atoms with van der Waals surface area (Å²) in [6.07, 6.45) is 1.51. The fourth-order valence-electron chi connectivity index (χ4n) is 1.77. The van der Waals surface area contributed by atoms with Crippen LogP contribution in [-0.4, -0.2) is 23.2 Å². The second-order valence-electron chi connectivity index (χ2n) is 5.30. The summed E-state index contributed by atoms with van der Waals surface area (Å²) in [4.78, 5) is 10.0. The molecule has 0 saturated carbocycles. The Kier molecular flexibility index (Phi) is 5.23. The summed E-state index contributed by atoms with van der Waals surface area (Å²) in [5.74, 6) is -0.634. The molecule has 1 aromatic carbocycles. The third-order valence-corrected chi connectivity index (χ3v) is 2.88. The first kappa shape index (κ1) is 15.4. The second-order valence-corrected chi connectivity index (χ2v) is 5.30. The van der Waals surface area contributed by atoms with Crippen LogP contribution in [0.2, 0.25) is 0 Å². The van der Waals surface area contributed by atoms with Gasteiger partial charge in [0.15, 0.2) is 0 Å². The molecular formula is C13H19FN2O3. The average Bonchev–Trinajstić information content (AvgIpc) is 2.33. The van der Waals surface area contributed by atoms with Crippen LogP contribution < -0.4 is 5.32 Å². The van der Waals surface area contributed by atoms with Gasteiger partial charge in [-0.1, -0.05) is 13.8 Å². The molecule has 0 bridgehead atoms. The van der Waals surface area contributed by atoms with Crippen LogP contribution in [0.3, 0.4) is 0 Å². The molecule has 0 saturated heterocycles. The van der Waals surface area contributed by atoms with E-state index in [1.165, 1.54) is 12.1 Å². The van der Waals surface area contributed by atoms with Gasteiger partial charge >= 0.3 is 0 Å². The van der Waals surface area contributed by atoms with Crippen molar-refractivity contribution in [3.05, 3.63) is 34.1 Å². The van der Waals surface area contributed by atoms with Crippen molar-refractivity contribution in [1.82, 2.24) is 0 Å². The lowest BCUT2D eigenvalue weighted by Gasteiger charge is -2.25. The van der Waals surface area contributed by atoms with Crippen LogP contribution in [-0.2, 0) is 0 Å². The lowest BCUT2D eigenvalue weighted by Crippen LogP contribution is -2.23. The summed E-state index contributed by atoms with van der Waals surface area (Å²) in [5.41, 5.74) is 0.0449. The highest BCUT2D eigenvalue weighted by molar-refractivity contribution is 5.51. The molecule has 2 N–H and O–H groups in total. The molecule has 1 aromatic rings. The Morgan fingerprint density at radius 3 is 2.68 bits per heavy atom. The van der Waals surface area contributed by atoms with Crippen molar-refractivity contribution >= 4 is 11.4 Å². The molecule has 0 atom stereocenters. The molecule has 0 aliphatic heterocycles. The normalized spacial score (nSPS) is 11.4. The van der Waals surface area contributed by atoms with Crippen molar-refractivity contribution in [2.45, 2.75) is 26.7 Å². The van der Waals surface area contributed by atoms with Crippen LogP contribution in [0.15, 0.2) is 18.2 Å². The SMILES string of the molecule is CC(C)(CCCO)CNc1cc(F)cc([N+](=O)[O-])c1. The number of benzene rings is 1. The third-order valence-electron chi connectivity index (χ3n) is 2.88. The molecule has 1 rings (SSSR count). The Balaban J connectivity index is 2.69. The summed E-state index contributed by atoms with van der Waals surface area (Å²) in [6, 6.07) is 3.43. The van der Waals surface area contributed by atoms with Gasteiger partial charge in [0, 0.05) is 24.9 Å². The number of nitro benzene ring substituents is 1. The summed E-state index contributed by atoms with van der Waals surface area (Å²) >= 11 is 0. The molecule has 0 aliphatic rings. The molecular weight excluding hydrogens is 251 g/mol. The second kappa shape index (κ2) is 6.47. The Bertz CT molecular complexity index is 450. The van der Waals surface area contributed by atoms with E-state index in [1.807, 2.05) is 13.8 Å². The molecule has 0 fully saturated rings. The zero-order chi connectivity index (χ0) is 14.5. The van der Waals surface area contributed by atoms with Gasteiger partial charge in [-0.05, 0) is 24.3 Å². The number of hydrogen-bond acceptors (Lipinski definition) is 4. The van der Waals surface area contributed by atoms with Gasteiger partial charge in [0.2, 0.25) is 0 Å². The Labute approximate surface area is 111 Å². The highest BCUT2D eigenvalue weighted by Gasteiger charge is 2.18. The fraction of sp³-hybridized carbons (Fsp3) is 0.538. The zero-order valence-electron chi connectivity index (χ0n) is 11.1. The Hall–Kier alpha value is -1.69. The molecule has 6 heteroatoms. The smallest absolute Gasteiger partial charge is 0.274 e. The van der Waals surface area contributed by atoms with Gasteiger partial charge in [-0.3, -0.25) is 10.1 Å². The molecule has 19 heavy (non-hydrogen) atoms. The number of anilines is 1. The molecule has 0 spiro atoms. The van der Waals surface area contributed by atoms with Gasteiger partial charge in [0.05, 0.1) is 11.0 Å². The number of non-ortho nitro benzene ring substituents is 1. The maximum atomic E-state index is 13.2. The van der Waals surface area contributed by atoms with Crippen LogP contribution in [0.1, 0.15) is 26.7 Å². The van der Waals surface area contributed by atoms with E-state index in [0.717, 1.165) is 12.5 Å². The third kappa shape index (κ3) is 5.21. The first-order chi connectivity index (χ1) is 8.84. The summed E-state index contributed by atoms with van der Waals surface area (Å²) < 4.78 is 13.2. The number of nitro groups is 1. The Morgan fingerprint density at radius 1 is 1.42 bits per heavy atom. The largest absolute Gasteiger partial charge is 0.396 e. The predicted molar refractivity (Wildman–Crippen MR) is 71.6 cm³/mol. The molecule has 106 valence electrons. The monoisotopic (exact) mass is 270 g/mol. The minimum atomic E-state index is -0.634. The highest BCUT2D eigenvalue weighted by atomic mass is 19.1. The number of nitrogens with zero attached hydrogens (tertiary/aromatic N) is 1. The number of halogens is 1. The maximum Gasteiger partial charge on any atom is 0.274 e. The summed E-state index contributed by atoms with van der Waals surface area (Å²) in [7, 11) is 0. The summed E-state index contributed by atoms with van der Waals surface area (Å²) in [6.45, 7) is 4.72.